The standard InChI is InChI=1S/C13H18F3N3O/c1-2-18-11-5-8-17-9-10(11)12(20)19-7-4-3-6-13(14,15)16/h5,8-9H,2-4,6-7H2,1H3,(H,17,18)(H,19,20). The van der Waals surface area contributed by atoms with Crippen LogP contribution in [-0.2, 0) is 0 Å². The van der Waals surface area contributed by atoms with Gasteiger partial charge in [0.05, 0.1) is 11.3 Å². The van der Waals surface area contributed by atoms with Crippen LogP contribution >= 0.6 is 0 Å². The Morgan fingerprint density at radius 2 is 2.10 bits per heavy atom. The van der Waals surface area contributed by atoms with Gasteiger partial charge in [0.15, 0.2) is 0 Å². The average Bonchev–Trinajstić information content (AvgIpc) is 2.38. The van der Waals surface area contributed by atoms with Gasteiger partial charge in [-0.05, 0) is 25.8 Å². The van der Waals surface area contributed by atoms with Gasteiger partial charge in [0.25, 0.3) is 5.91 Å². The minimum absolute atomic E-state index is 0.0108. The van der Waals surface area contributed by atoms with Gasteiger partial charge in [0.2, 0.25) is 0 Å². The average molecular weight is 289 g/mol. The van der Waals surface area contributed by atoms with Gasteiger partial charge in [-0.3, -0.25) is 9.78 Å². The first-order chi connectivity index (χ1) is 9.44. The molecule has 0 saturated carbocycles. The second-order valence-electron chi connectivity index (χ2n) is 4.28. The van der Waals surface area contributed by atoms with Crippen molar-refractivity contribution in [1.29, 1.82) is 0 Å². The number of halogens is 3. The number of carbonyl (C=O) groups is 1. The summed E-state index contributed by atoms with van der Waals surface area (Å²) in [5, 5.41) is 5.63. The Morgan fingerprint density at radius 3 is 2.75 bits per heavy atom. The van der Waals surface area contributed by atoms with E-state index in [-0.39, 0.29) is 18.9 Å². The van der Waals surface area contributed by atoms with Crippen LogP contribution in [0.3, 0.4) is 0 Å². The molecular formula is C13H18F3N3O. The summed E-state index contributed by atoms with van der Waals surface area (Å²) >= 11 is 0. The molecule has 0 aliphatic rings. The summed E-state index contributed by atoms with van der Waals surface area (Å²) in [4.78, 5) is 15.8. The van der Waals surface area contributed by atoms with Crippen molar-refractivity contribution in [2.75, 3.05) is 18.4 Å². The zero-order valence-corrected chi connectivity index (χ0v) is 11.3. The van der Waals surface area contributed by atoms with E-state index < -0.39 is 12.6 Å². The second-order valence-corrected chi connectivity index (χ2v) is 4.28. The predicted molar refractivity (Wildman–Crippen MR) is 70.6 cm³/mol. The highest BCUT2D eigenvalue weighted by Gasteiger charge is 2.25. The van der Waals surface area contributed by atoms with Crippen molar-refractivity contribution in [3.05, 3.63) is 24.0 Å². The quantitative estimate of drug-likeness (QED) is 0.759. The van der Waals surface area contributed by atoms with Gasteiger partial charge in [0.1, 0.15) is 0 Å². The molecule has 0 aromatic carbocycles. The SMILES string of the molecule is CCNc1ccncc1C(=O)NCCCCC(F)(F)F. The normalized spacial score (nSPS) is 11.2. The number of anilines is 1. The lowest BCUT2D eigenvalue weighted by Crippen LogP contribution is -2.26. The van der Waals surface area contributed by atoms with E-state index in [1.807, 2.05) is 6.92 Å². The molecule has 0 atom stereocenters. The number of amides is 1. The molecule has 112 valence electrons. The zero-order valence-electron chi connectivity index (χ0n) is 11.3. The molecule has 4 nitrogen and oxygen atoms in total. The Balaban J connectivity index is 2.40. The molecule has 0 spiro atoms. The Labute approximate surface area is 115 Å². The van der Waals surface area contributed by atoms with E-state index in [0.29, 0.717) is 24.2 Å². The molecule has 0 unspecified atom stereocenters. The number of hydrogen-bond acceptors (Lipinski definition) is 3. The third-order valence-electron chi connectivity index (χ3n) is 2.61. The molecule has 0 bridgehead atoms. The van der Waals surface area contributed by atoms with Gasteiger partial charge in [-0.2, -0.15) is 13.2 Å². The molecular weight excluding hydrogens is 271 g/mol. The van der Waals surface area contributed by atoms with Crippen LogP contribution in [0.25, 0.3) is 0 Å². The van der Waals surface area contributed by atoms with Crippen LogP contribution in [-0.4, -0.2) is 30.2 Å². The largest absolute Gasteiger partial charge is 0.389 e. The fraction of sp³-hybridized carbons (Fsp3) is 0.538. The number of unbranched alkanes of at least 4 members (excludes halogenated alkanes) is 1. The van der Waals surface area contributed by atoms with Gasteiger partial charge < -0.3 is 10.6 Å². The maximum absolute atomic E-state index is 11.9. The number of pyridine rings is 1. The van der Waals surface area contributed by atoms with E-state index in [2.05, 4.69) is 15.6 Å². The Kier molecular flexibility index (Phi) is 6.27. The van der Waals surface area contributed by atoms with Crippen molar-refractivity contribution in [2.45, 2.75) is 32.4 Å². The number of aromatic nitrogens is 1. The van der Waals surface area contributed by atoms with E-state index in [1.165, 1.54) is 6.20 Å². The second kappa shape index (κ2) is 7.72. The lowest BCUT2D eigenvalue weighted by Gasteiger charge is -2.10. The molecule has 0 aliphatic carbocycles. The predicted octanol–water partition coefficient (Wildman–Crippen LogP) is 2.98. The first-order valence-electron chi connectivity index (χ1n) is 6.47. The van der Waals surface area contributed by atoms with Crippen LogP contribution in [0.1, 0.15) is 36.5 Å². The monoisotopic (exact) mass is 289 g/mol. The third kappa shape index (κ3) is 5.90. The fourth-order valence-electron chi connectivity index (χ4n) is 1.67. The molecule has 2 N–H and O–H groups in total. The van der Waals surface area contributed by atoms with Crippen LogP contribution in [0.15, 0.2) is 18.5 Å². The number of carbonyl (C=O) groups excluding carboxylic acids is 1. The van der Waals surface area contributed by atoms with E-state index >= 15 is 0 Å². The molecule has 1 rings (SSSR count). The van der Waals surface area contributed by atoms with Gasteiger partial charge in [-0.25, -0.2) is 0 Å². The van der Waals surface area contributed by atoms with Crippen LogP contribution < -0.4 is 10.6 Å². The van der Waals surface area contributed by atoms with Crippen LogP contribution in [0.4, 0.5) is 18.9 Å². The summed E-state index contributed by atoms with van der Waals surface area (Å²) in [7, 11) is 0. The van der Waals surface area contributed by atoms with Gasteiger partial charge in [0, 0.05) is 31.9 Å². The van der Waals surface area contributed by atoms with Gasteiger partial charge in [-0.15, -0.1) is 0 Å². The van der Waals surface area contributed by atoms with Crippen LogP contribution in [0.2, 0.25) is 0 Å². The van der Waals surface area contributed by atoms with Crippen molar-refractivity contribution >= 4 is 11.6 Å². The van der Waals surface area contributed by atoms with Gasteiger partial charge in [-0.1, -0.05) is 0 Å². The Morgan fingerprint density at radius 1 is 1.35 bits per heavy atom. The third-order valence-corrected chi connectivity index (χ3v) is 2.61. The minimum Gasteiger partial charge on any atom is -0.385 e. The summed E-state index contributed by atoms with van der Waals surface area (Å²) in [6, 6.07) is 1.68. The molecule has 20 heavy (non-hydrogen) atoms. The van der Waals surface area contributed by atoms with Crippen LogP contribution in [0.5, 0.6) is 0 Å². The van der Waals surface area contributed by atoms with Crippen LogP contribution in [0, 0.1) is 0 Å². The highest BCUT2D eigenvalue weighted by molar-refractivity contribution is 5.99. The molecule has 0 aliphatic heterocycles. The lowest BCUT2D eigenvalue weighted by molar-refractivity contribution is -0.135. The number of rotatable bonds is 7. The number of nitrogens with one attached hydrogen (secondary N) is 2. The maximum atomic E-state index is 11.9. The van der Waals surface area contributed by atoms with Gasteiger partial charge >= 0.3 is 6.18 Å². The van der Waals surface area contributed by atoms with Crippen molar-refractivity contribution in [2.24, 2.45) is 0 Å². The first-order valence-corrected chi connectivity index (χ1v) is 6.47. The number of alkyl halides is 3. The summed E-state index contributed by atoms with van der Waals surface area (Å²) < 4.78 is 35.8. The molecule has 1 aromatic heterocycles. The van der Waals surface area contributed by atoms with E-state index in [9.17, 15) is 18.0 Å². The summed E-state index contributed by atoms with van der Waals surface area (Å²) in [6.45, 7) is 2.78. The smallest absolute Gasteiger partial charge is 0.385 e. The van der Waals surface area contributed by atoms with Crippen molar-refractivity contribution in [3.63, 3.8) is 0 Å². The summed E-state index contributed by atoms with van der Waals surface area (Å²) in [5.74, 6) is -0.332. The van der Waals surface area contributed by atoms with E-state index in [0.717, 1.165) is 0 Å². The van der Waals surface area contributed by atoms with E-state index in [1.54, 1.807) is 12.3 Å². The Hall–Kier alpha value is -1.79. The first kappa shape index (κ1) is 16.3. The topological polar surface area (TPSA) is 54.0 Å². The highest BCUT2D eigenvalue weighted by Crippen LogP contribution is 2.21. The molecule has 1 heterocycles. The lowest BCUT2D eigenvalue weighted by atomic mass is 10.2. The molecule has 1 amide bonds. The minimum atomic E-state index is -4.13. The molecule has 1 aromatic rings. The molecule has 7 heteroatoms. The number of hydrogen-bond donors (Lipinski definition) is 2. The fourth-order valence-corrected chi connectivity index (χ4v) is 1.67. The molecule has 0 fully saturated rings. The van der Waals surface area contributed by atoms with Crippen molar-refractivity contribution in [1.82, 2.24) is 10.3 Å². The maximum Gasteiger partial charge on any atom is 0.389 e. The van der Waals surface area contributed by atoms with Crippen molar-refractivity contribution < 1.29 is 18.0 Å². The Bertz CT molecular complexity index is 435. The molecule has 0 saturated heterocycles. The van der Waals surface area contributed by atoms with Crippen molar-refractivity contribution in [3.8, 4) is 0 Å². The molecule has 0 radical (unpaired) electrons. The zero-order chi connectivity index (χ0) is 15.0. The van der Waals surface area contributed by atoms with E-state index in [4.69, 9.17) is 0 Å². The highest BCUT2D eigenvalue weighted by atomic mass is 19.4. The summed E-state index contributed by atoms with van der Waals surface area (Å²) in [6.07, 6.45) is -1.65. The number of nitrogens with zero attached hydrogens (tertiary/aromatic N) is 1. The summed E-state index contributed by atoms with van der Waals surface area (Å²) in [5.41, 5.74) is 1.06.